The maximum atomic E-state index is 13.3. The summed E-state index contributed by atoms with van der Waals surface area (Å²) < 4.78 is 13.3. The maximum absolute atomic E-state index is 13.3. The molecule has 0 saturated heterocycles. The van der Waals surface area contributed by atoms with Crippen LogP contribution < -0.4 is 5.32 Å². The minimum atomic E-state index is -0.241. The predicted octanol–water partition coefficient (Wildman–Crippen LogP) is 4.16. The average molecular weight is 292 g/mol. The molecule has 1 nitrogen and oxygen atoms in total. The van der Waals surface area contributed by atoms with E-state index in [0.29, 0.717) is 11.4 Å². The Labute approximate surface area is 124 Å². The van der Waals surface area contributed by atoms with Gasteiger partial charge < -0.3 is 5.32 Å². The van der Waals surface area contributed by atoms with E-state index in [0.717, 1.165) is 12.0 Å². The van der Waals surface area contributed by atoms with Crippen molar-refractivity contribution in [3.8, 4) is 0 Å². The van der Waals surface area contributed by atoms with Crippen LogP contribution in [0, 0.1) is 12.7 Å². The van der Waals surface area contributed by atoms with Gasteiger partial charge in [0.1, 0.15) is 5.82 Å². The molecule has 106 valence electrons. The Morgan fingerprint density at radius 2 is 1.80 bits per heavy atom. The smallest absolute Gasteiger partial charge is 0.123 e. The lowest BCUT2D eigenvalue weighted by Crippen LogP contribution is -2.30. The van der Waals surface area contributed by atoms with Gasteiger partial charge in [0.15, 0.2) is 0 Å². The summed E-state index contributed by atoms with van der Waals surface area (Å²) >= 11 is 6.14. The number of aryl methyl sites for hydroxylation is 1. The zero-order valence-electron chi connectivity index (χ0n) is 11.8. The van der Waals surface area contributed by atoms with Crippen molar-refractivity contribution in [1.82, 2.24) is 5.32 Å². The van der Waals surface area contributed by atoms with Crippen LogP contribution in [0.4, 0.5) is 4.39 Å². The van der Waals surface area contributed by atoms with Crippen LogP contribution in [0.25, 0.3) is 0 Å². The number of benzene rings is 2. The first kappa shape index (κ1) is 15.0. The van der Waals surface area contributed by atoms with Gasteiger partial charge in [0, 0.05) is 11.1 Å². The average Bonchev–Trinajstić information content (AvgIpc) is 2.44. The second-order valence-corrected chi connectivity index (χ2v) is 5.46. The Bertz CT molecular complexity index is 583. The van der Waals surface area contributed by atoms with E-state index in [-0.39, 0.29) is 11.9 Å². The maximum Gasteiger partial charge on any atom is 0.123 e. The number of rotatable bonds is 5. The van der Waals surface area contributed by atoms with Crippen molar-refractivity contribution in [2.24, 2.45) is 0 Å². The van der Waals surface area contributed by atoms with Gasteiger partial charge >= 0.3 is 0 Å². The number of hydrogen-bond acceptors (Lipinski definition) is 1. The van der Waals surface area contributed by atoms with E-state index in [4.69, 9.17) is 11.6 Å². The Balaban J connectivity index is 2.13. The summed E-state index contributed by atoms with van der Waals surface area (Å²) in [5.74, 6) is -0.241. The molecule has 0 aliphatic carbocycles. The standard InChI is InChI=1S/C17H19ClFN/c1-12-5-3-4-6-13(12)10-16(20-2)11-14-9-15(19)7-8-17(14)18/h3-9,16,20H,10-11H2,1-2H3. The SMILES string of the molecule is CNC(Cc1ccccc1C)Cc1cc(F)ccc1Cl. The molecule has 2 aromatic carbocycles. The molecule has 1 unspecified atom stereocenters. The van der Waals surface area contributed by atoms with Gasteiger partial charge in [-0.05, 0) is 61.7 Å². The molecule has 0 spiro atoms. The third-order valence-electron chi connectivity index (χ3n) is 3.61. The largest absolute Gasteiger partial charge is 0.316 e. The molecule has 20 heavy (non-hydrogen) atoms. The first-order chi connectivity index (χ1) is 9.60. The van der Waals surface area contributed by atoms with E-state index in [1.54, 1.807) is 6.07 Å². The van der Waals surface area contributed by atoms with E-state index in [9.17, 15) is 4.39 Å². The third-order valence-corrected chi connectivity index (χ3v) is 3.98. The summed E-state index contributed by atoms with van der Waals surface area (Å²) in [6, 6.07) is 13.1. The highest BCUT2D eigenvalue weighted by Gasteiger charge is 2.12. The van der Waals surface area contributed by atoms with E-state index in [1.807, 2.05) is 19.2 Å². The van der Waals surface area contributed by atoms with Crippen LogP contribution in [0.15, 0.2) is 42.5 Å². The first-order valence-corrected chi connectivity index (χ1v) is 7.13. The zero-order valence-corrected chi connectivity index (χ0v) is 12.5. The molecule has 0 fully saturated rings. The minimum Gasteiger partial charge on any atom is -0.316 e. The van der Waals surface area contributed by atoms with Gasteiger partial charge in [-0.3, -0.25) is 0 Å². The molecule has 0 aliphatic heterocycles. The second-order valence-electron chi connectivity index (χ2n) is 5.06. The van der Waals surface area contributed by atoms with Gasteiger partial charge in [-0.15, -0.1) is 0 Å². The normalized spacial score (nSPS) is 12.4. The van der Waals surface area contributed by atoms with Crippen LogP contribution in [-0.4, -0.2) is 13.1 Å². The molecule has 0 heterocycles. The third kappa shape index (κ3) is 3.81. The molecule has 0 aromatic heterocycles. The molecule has 0 saturated carbocycles. The Morgan fingerprint density at radius 3 is 2.50 bits per heavy atom. The van der Waals surface area contributed by atoms with E-state index in [2.05, 4.69) is 24.4 Å². The number of hydrogen-bond donors (Lipinski definition) is 1. The summed E-state index contributed by atoms with van der Waals surface area (Å²) in [7, 11) is 1.93. The summed E-state index contributed by atoms with van der Waals surface area (Å²) in [5, 5.41) is 3.91. The number of nitrogens with one attached hydrogen (secondary N) is 1. The fourth-order valence-electron chi connectivity index (χ4n) is 2.35. The lowest BCUT2D eigenvalue weighted by molar-refractivity contribution is 0.552. The van der Waals surface area contributed by atoms with Crippen molar-refractivity contribution >= 4 is 11.6 Å². The molecular weight excluding hydrogens is 273 g/mol. The second kappa shape index (κ2) is 6.87. The van der Waals surface area contributed by atoms with E-state index in [1.165, 1.54) is 23.3 Å². The van der Waals surface area contributed by atoms with Crippen molar-refractivity contribution in [3.05, 3.63) is 70.0 Å². The topological polar surface area (TPSA) is 12.0 Å². The summed E-state index contributed by atoms with van der Waals surface area (Å²) in [4.78, 5) is 0. The molecule has 0 amide bonds. The molecule has 0 bridgehead atoms. The first-order valence-electron chi connectivity index (χ1n) is 6.76. The monoisotopic (exact) mass is 291 g/mol. The summed E-state index contributed by atoms with van der Waals surface area (Å²) in [6.07, 6.45) is 1.61. The van der Waals surface area contributed by atoms with Crippen LogP contribution in [-0.2, 0) is 12.8 Å². The van der Waals surface area contributed by atoms with Crippen LogP contribution >= 0.6 is 11.6 Å². The highest BCUT2D eigenvalue weighted by Crippen LogP contribution is 2.20. The van der Waals surface area contributed by atoms with Gasteiger partial charge in [0.25, 0.3) is 0 Å². The predicted molar refractivity (Wildman–Crippen MR) is 82.8 cm³/mol. The molecule has 1 N–H and O–H groups in total. The zero-order chi connectivity index (χ0) is 14.5. The Kier molecular flexibility index (Phi) is 5.16. The summed E-state index contributed by atoms with van der Waals surface area (Å²) in [6.45, 7) is 2.11. The lowest BCUT2D eigenvalue weighted by atomic mass is 9.96. The molecule has 0 aliphatic rings. The number of likely N-dealkylation sites (N-methyl/N-ethyl adjacent to an activating group) is 1. The van der Waals surface area contributed by atoms with Gasteiger partial charge in [-0.2, -0.15) is 0 Å². The van der Waals surface area contributed by atoms with Crippen molar-refractivity contribution in [2.75, 3.05) is 7.05 Å². The Morgan fingerprint density at radius 1 is 1.10 bits per heavy atom. The number of halogens is 2. The highest BCUT2D eigenvalue weighted by atomic mass is 35.5. The van der Waals surface area contributed by atoms with Crippen molar-refractivity contribution < 1.29 is 4.39 Å². The Hall–Kier alpha value is -1.38. The molecule has 2 aromatic rings. The van der Waals surface area contributed by atoms with Crippen molar-refractivity contribution in [3.63, 3.8) is 0 Å². The molecule has 2 rings (SSSR count). The molecule has 1 atom stereocenters. The van der Waals surface area contributed by atoms with Crippen LogP contribution in [0.1, 0.15) is 16.7 Å². The van der Waals surface area contributed by atoms with Crippen molar-refractivity contribution in [2.45, 2.75) is 25.8 Å². The lowest BCUT2D eigenvalue weighted by Gasteiger charge is -2.18. The van der Waals surface area contributed by atoms with E-state index < -0.39 is 0 Å². The molecule has 3 heteroatoms. The fourth-order valence-corrected chi connectivity index (χ4v) is 2.54. The molecule has 0 radical (unpaired) electrons. The highest BCUT2D eigenvalue weighted by molar-refractivity contribution is 6.31. The fraction of sp³-hybridized carbons (Fsp3) is 0.294. The van der Waals surface area contributed by atoms with Gasteiger partial charge in [0.2, 0.25) is 0 Å². The quantitative estimate of drug-likeness (QED) is 0.872. The van der Waals surface area contributed by atoms with Crippen molar-refractivity contribution in [1.29, 1.82) is 0 Å². The van der Waals surface area contributed by atoms with Crippen LogP contribution in [0.5, 0.6) is 0 Å². The van der Waals surface area contributed by atoms with E-state index >= 15 is 0 Å². The van der Waals surface area contributed by atoms with Gasteiger partial charge in [-0.25, -0.2) is 4.39 Å². The summed E-state index contributed by atoms with van der Waals surface area (Å²) in [5.41, 5.74) is 3.43. The van der Waals surface area contributed by atoms with Gasteiger partial charge in [-0.1, -0.05) is 35.9 Å². The minimum absolute atomic E-state index is 0.232. The van der Waals surface area contributed by atoms with Crippen LogP contribution in [0.2, 0.25) is 5.02 Å². The van der Waals surface area contributed by atoms with Gasteiger partial charge in [0.05, 0.1) is 0 Å². The van der Waals surface area contributed by atoms with Crippen LogP contribution in [0.3, 0.4) is 0 Å². The molecular formula is C17H19ClFN.